The van der Waals surface area contributed by atoms with Gasteiger partial charge in [-0.05, 0) is 12.0 Å². The van der Waals surface area contributed by atoms with E-state index in [1.807, 2.05) is 18.2 Å². The van der Waals surface area contributed by atoms with Gasteiger partial charge in [0.2, 0.25) is 5.72 Å². The minimum Gasteiger partial charge on any atom is -0.430 e. The Morgan fingerprint density at radius 2 is 1.58 bits per heavy atom. The number of rotatable bonds is 1. The largest absolute Gasteiger partial charge is 0.430 e. The average Bonchev–Trinajstić information content (AvgIpc) is 2.68. The lowest BCUT2D eigenvalue weighted by molar-refractivity contribution is -0.297. The zero-order valence-corrected chi connectivity index (χ0v) is 13.7. The number of aliphatic hydroxyl groups excluding tert-OH is 2. The van der Waals surface area contributed by atoms with E-state index in [4.69, 9.17) is 9.57 Å². The summed E-state index contributed by atoms with van der Waals surface area (Å²) in [6.07, 6.45) is -3.47. The molecule has 134 valence electrons. The minimum atomic E-state index is -2.03. The first-order chi connectivity index (χ1) is 12.5. The number of esters is 1. The molecule has 0 bridgehead atoms. The molecule has 0 aliphatic carbocycles. The molecular weight excluding hydrogens is 338 g/mol. The first-order valence-electron chi connectivity index (χ1n) is 8.26. The van der Waals surface area contributed by atoms with Crippen molar-refractivity contribution in [3.05, 3.63) is 71.3 Å². The molecule has 2 N–H and O–H groups in total. The van der Waals surface area contributed by atoms with Crippen molar-refractivity contribution in [1.82, 2.24) is 5.06 Å². The number of hydrogen-bond acceptors (Lipinski definition) is 7. The Morgan fingerprint density at radius 3 is 2.35 bits per heavy atom. The summed E-state index contributed by atoms with van der Waals surface area (Å²) in [5, 5.41) is 21.1. The summed E-state index contributed by atoms with van der Waals surface area (Å²) in [5.41, 5.74) is 0.607. The van der Waals surface area contributed by atoms with E-state index < -0.39 is 29.9 Å². The quantitative estimate of drug-likeness (QED) is 0.719. The molecule has 7 nitrogen and oxygen atoms in total. The maximum absolute atomic E-state index is 12.5. The van der Waals surface area contributed by atoms with Gasteiger partial charge in [-0.3, -0.25) is 0 Å². The molecule has 1 saturated heterocycles. The van der Waals surface area contributed by atoms with Crippen molar-refractivity contribution in [2.75, 3.05) is 6.54 Å². The van der Waals surface area contributed by atoms with Crippen LogP contribution in [0.3, 0.4) is 0 Å². The van der Waals surface area contributed by atoms with Crippen LogP contribution in [0.1, 0.15) is 16.7 Å². The minimum absolute atomic E-state index is 0.258. The van der Waals surface area contributed by atoms with Crippen LogP contribution in [0.15, 0.2) is 54.6 Å². The molecule has 2 aliphatic rings. The zero-order chi connectivity index (χ0) is 18.3. The highest BCUT2D eigenvalue weighted by Gasteiger charge is 2.54. The van der Waals surface area contributed by atoms with Gasteiger partial charge in [-0.1, -0.05) is 59.7 Å². The monoisotopic (exact) mass is 355 g/mol. The number of carbonyl (C=O) groups is 2. The summed E-state index contributed by atoms with van der Waals surface area (Å²) in [6, 6.07) is 16.3. The van der Waals surface area contributed by atoms with Gasteiger partial charge in [0.25, 0.3) is 0 Å². The van der Waals surface area contributed by atoms with Gasteiger partial charge in [0.05, 0.1) is 0 Å². The van der Waals surface area contributed by atoms with Gasteiger partial charge in [-0.25, -0.2) is 9.59 Å². The summed E-state index contributed by atoms with van der Waals surface area (Å²) in [4.78, 5) is 30.0. The van der Waals surface area contributed by atoms with Crippen molar-refractivity contribution >= 4 is 11.9 Å². The van der Waals surface area contributed by atoms with Crippen LogP contribution >= 0.6 is 0 Å². The number of ether oxygens (including phenoxy) is 1. The summed E-state index contributed by atoms with van der Waals surface area (Å²) in [6.45, 7) is 0.258. The number of aliphatic hydroxyl groups is 2. The molecule has 2 aromatic carbocycles. The summed E-state index contributed by atoms with van der Waals surface area (Å²) in [5.74, 6) is -2.20. The van der Waals surface area contributed by atoms with Crippen molar-refractivity contribution in [2.24, 2.45) is 0 Å². The van der Waals surface area contributed by atoms with E-state index in [1.165, 1.54) is 5.06 Å². The molecule has 3 atom stereocenters. The van der Waals surface area contributed by atoms with E-state index in [9.17, 15) is 19.8 Å². The molecule has 0 radical (unpaired) electrons. The van der Waals surface area contributed by atoms with E-state index in [0.717, 1.165) is 5.56 Å². The van der Waals surface area contributed by atoms with Gasteiger partial charge < -0.3 is 19.8 Å². The Labute approximate surface area is 149 Å². The van der Waals surface area contributed by atoms with Crippen molar-refractivity contribution in [2.45, 2.75) is 24.4 Å². The molecule has 4 rings (SSSR count). The van der Waals surface area contributed by atoms with Crippen molar-refractivity contribution in [3.8, 4) is 0 Å². The third kappa shape index (κ3) is 2.40. The second kappa shape index (κ2) is 6.21. The van der Waals surface area contributed by atoms with Gasteiger partial charge in [0.1, 0.15) is 0 Å². The number of benzene rings is 2. The number of fused-ring (bicyclic) bond motifs is 3. The standard InChI is InChI=1S/C19H17NO6/c21-15-16(22)18(24)26-20-11-10-12-6-4-5-9-14(12)19(20,25-17(15)23)13-7-2-1-3-8-13/h1-9,15-16,21-22H,10-11H2/t15?,16?,19-/m0/s1. The fourth-order valence-corrected chi connectivity index (χ4v) is 3.45. The molecule has 7 heteroatoms. The van der Waals surface area contributed by atoms with E-state index in [-0.39, 0.29) is 6.54 Å². The van der Waals surface area contributed by atoms with Crippen LogP contribution < -0.4 is 0 Å². The Kier molecular flexibility index (Phi) is 3.99. The molecule has 2 heterocycles. The molecule has 0 aromatic heterocycles. The summed E-state index contributed by atoms with van der Waals surface area (Å²) >= 11 is 0. The average molecular weight is 355 g/mol. The third-order valence-electron chi connectivity index (χ3n) is 4.71. The van der Waals surface area contributed by atoms with Gasteiger partial charge in [0.15, 0.2) is 12.2 Å². The Bertz CT molecular complexity index is 854. The molecule has 26 heavy (non-hydrogen) atoms. The predicted molar refractivity (Wildman–Crippen MR) is 88.3 cm³/mol. The highest BCUT2D eigenvalue weighted by atomic mass is 16.8. The summed E-state index contributed by atoms with van der Waals surface area (Å²) < 4.78 is 5.73. The molecule has 2 aromatic rings. The number of hydrogen-bond donors (Lipinski definition) is 2. The van der Waals surface area contributed by atoms with Crippen LogP contribution in [0, 0.1) is 0 Å². The maximum Gasteiger partial charge on any atom is 0.357 e. The molecule has 0 saturated carbocycles. The highest BCUT2D eigenvalue weighted by Crippen LogP contribution is 2.43. The number of nitrogens with zero attached hydrogens (tertiary/aromatic N) is 1. The van der Waals surface area contributed by atoms with Gasteiger partial charge in [-0.2, -0.15) is 0 Å². The van der Waals surface area contributed by atoms with Crippen LogP contribution in [0.25, 0.3) is 0 Å². The first kappa shape index (κ1) is 16.7. The first-order valence-corrected chi connectivity index (χ1v) is 8.26. The molecule has 0 amide bonds. The second-order valence-corrected chi connectivity index (χ2v) is 6.24. The fraction of sp³-hybridized carbons (Fsp3) is 0.263. The van der Waals surface area contributed by atoms with Crippen LogP contribution in [-0.4, -0.2) is 46.0 Å². The lowest BCUT2D eigenvalue weighted by Gasteiger charge is -2.47. The lowest BCUT2D eigenvalue weighted by atomic mass is 9.85. The smallest absolute Gasteiger partial charge is 0.357 e. The van der Waals surface area contributed by atoms with E-state index in [0.29, 0.717) is 17.5 Å². The SMILES string of the molecule is O=C1ON2CCc3ccccc3[C@]2(c2ccccc2)OC(=O)C(O)C1O. The lowest BCUT2D eigenvalue weighted by Crippen LogP contribution is -2.60. The predicted octanol–water partition coefficient (Wildman–Crippen LogP) is 0.483. The maximum atomic E-state index is 12.5. The molecule has 2 aliphatic heterocycles. The Hall–Kier alpha value is -2.74. The van der Waals surface area contributed by atoms with Crippen LogP contribution in [-0.2, 0) is 31.3 Å². The topological polar surface area (TPSA) is 96.3 Å². The molecule has 0 spiro atoms. The van der Waals surface area contributed by atoms with E-state index >= 15 is 0 Å². The Balaban J connectivity index is 1.97. The molecule has 1 fully saturated rings. The van der Waals surface area contributed by atoms with Crippen molar-refractivity contribution in [1.29, 1.82) is 0 Å². The van der Waals surface area contributed by atoms with Crippen LogP contribution in [0.5, 0.6) is 0 Å². The molecular formula is C19H17NO6. The normalized spacial score (nSPS) is 28.8. The van der Waals surface area contributed by atoms with E-state index in [1.54, 1.807) is 36.4 Å². The number of hydroxylamine groups is 2. The second-order valence-electron chi connectivity index (χ2n) is 6.24. The van der Waals surface area contributed by atoms with Crippen molar-refractivity contribution in [3.63, 3.8) is 0 Å². The van der Waals surface area contributed by atoms with Crippen LogP contribution in [0.4, 0.5) is 0 Å². The van der Waals surface area contributed by atoms with Gasteiger partial charge in [-0.15, -0.1) is 0 Å². The Morgan fingerprint density at radius 1 is 0.923 bits per heavy atom. The zero-order valence-electron chi connectivity index (χ0n) is 13.7. The van der Waals surface area contributed by atoms with Crippen molar-refractivity contribution < 1.29 is 29.4 Å². The van der Waals surface area contributed by atoms with Crippen LogP contribution in [0.2, 0.25) is 0 Å². The summed E-state index contributed by atoms with van der Waals surface area (Å²) in [7, 11) is 0. The van der Waals surface area contributed by atoms with E-state index in [2.05, 4.69) is 0 Å². The molecule has 2 unspecified atom stereocenters. The number of carbonyl (C=O) groups excluding carboxylic acids is 2. The van der Waals surface area contributed by atoms with Gasteiger partial charge in [0, 0.05) is 17.7 Å². The third-order valence-corrected chi connectivity index (χ3v) is 4.71. The fourth-order valence-electron chi connectivity index (χ4n) is 3.45. The van der Waals surface area contributed by atoms with Gasteiger partial charge >= 0.3 is 11.9 Å². The highest BCUT2D eigenvalue weighted by molar-refractivity contribution is 5.86.